The average molecular weight is 272 g/mol. The molecule has 0 saturated heterocycles. The first-order chi connectivity index (χ1) is 8.43. The van der Waals surface area contributed by atoms with Gasteiger partial charge in [-0.2, -0.15) is 0 Å². The van der Waals surface area contributed by atoms with Gasteiger partial charge in [0, 0.05) is 25.9 Å². The smallest absolute Gasteiger partial charge is 0.238 e. The van der Waals surface area contributed by atoms with Crippen LogP contribution in [0.4, 0.5) is 5.69 Å². The van der Waals surface area contributed by atoms with Crippen LogP contribution in [0.15, 0.2) is 29.2 Å². The fraction of sp³-hybridized carbons (Fsp3) is 0.500. The van der Waals surface area contributed by atoms with E-state index in [1.807, 2.05) is 0 Å². The van der Waals surface area contributed by atoms with E-state index in [9.17, 15) is 8.42 Å². The highest BCUT2D eigenvalue weighted by molar-refractivity contribution is 7.89. The van der Waals surface area contributed by atoms with E-state index in [2.05, 4.69) is 12.2 Å². The molecule has 0 aromatic heterocycles. The zero-order chi connectivity index (χ0) is 13.6. The first kappa shape index (κ1) is 14.9. The molecule has 102 valence electrons. The summed E-state index contributed by atoms with van der Waals surface area (Å²) in [7, 11) is -1.92. The Kier molecular flexibility index (Phi) is 5.58. The summed E-state index contributed by atoms with van der Waals surface area (Å²) in [6, 6.07) is 6.42. The largest absolute Gasteiger partial charge is 0.385 e. The number of benzene rings is 1. The third-order valence-corrected chi connectivity index (χ3v) is 3.58. The van der Waals surface area contributed by atoms with Crippen LogP contribution in [0.2, 0.25) is 0 Å². The molecule has 1 rings (SSSR count). The van der Waals surface area contributed by atoms with Gasteiger partial charge in [-0.3, -0.25) is 0 Å². The lowest BCUT2D eigenvalue weighted by atomic mass is 10.1. The number of sulfonamides is 1. The number of hydrogen-bond acceptors (Lipinski definition) is 4. The van der Waals surface area contributed by atoms with Crippen LogP contribution in [0, 0.1) is 5.92 Å². The third-order valence-electron chi connectivity index (χ3n) is 2.65. The maximum atomic E-state index is 11.1. The molecule has 1 atom stereocenters. The summed E-state index contributed by atoms with van der Waals surface area (Å²) in [6.45, 7) is 3.69. The lowest BCUT2D eigenvalue weighted by Gasteiger charge is -2.13. The van der Waals surface area contributed by atoms with Gasteiger partial charge in [0.1, 0.15) is 0 Å². The van der Waals surface area contributed by atoms with Gasteiger partial charge in [0.25, 0.3) is 0 Å². The molecule has 0 saturated carbocycles. The summed E-state index contributed by atoms with van der Waals surface area (Å²) in [6.07, 6.45) is 0.985. The van der Waals surface area contributed by atoms with Crippen molar-refractivity contribution < 1.29 is 13.2 Å². The lowest BCUT2D eigenvalue weighted by Crippen LogP contribution is -2.14. The van der Waals surface area contributed by atoms with Gasteiger partial charge in [-0.1, -0.05) is 6.92 Å². The number of nitrogens with one attached hydrogen (secondary N) is 1. The minimum atomic E-state index is -3.61. The minimum Gasteiger partial charge on any atom is -0.385 e. The van der Waals surface area contributed by atoms with E-state index in [1.54, 1.807) is 19.2 Å². The van der Waals surface area contributed by atoms with Crippen LogP contribution in [0.5, 0.6) is 0 Å². The lowest BCUT2D eigenvalue weighted by molar-refractivity contribution is 0.182. The Morgan fingerprint density at radius 3 is 2.44 bits per heavy atom. The van der Waals surface area contributed by atoms with Crippen molar-refractivity contribution in [3.05, 3.63) is 24.3 Å². The van der Waals surface area contributed by atoms with E-state index in [4.69, 9.17) is 9.88 Å². The SMILES string of the molecule is COCCC(C)CNc1ccc(S(N)(=O)=O)cc1. The maximum absolute atomic E-state index is 11.1. The Bertz CT molecular complexity index is 457. The normalized spacial score (nSPS) is 13.3. The fourth-order valence-electron chi connectivity index (χ4n) is 1.48. The van der Waals surface area contributed by atoms with E-state index in [0.29, 0.717) is 5.92 Å². The quantitative estimate of drug-likeness (QED) is 0.786. The van der Waals surface area contributed by atoms with Gasteiger partial charge in [-0.25, -0.2) is 13.6 Å². The van der Waals surface area contributed by atoms with Crippen LogP contribution < -0.4 is 10.5 Å². The highest BCUT2D eigenvalue weighted by atomic mass is 32.2. The van der Waals surface area contributed by atoms with Crippen molar-refractivity contribution in [3.8, 4) is 0 Å². The second-order valence-corrected chi connectivity index (χ2v) is 5.90. The number of ether oxygens (including phenoxy) is 1. The fourth-order valence-corrected chi connectivity index (χ4v) is 1.99. The van der Waals surface area contributed by atoms with E-state index in [0.717, 1.165) is 25.3 Å². The second-order valence-electron chi connectivity index (χ2n) is 4.34. The highest BCUT2D eigenvalue weighted by Gasteiger charge is 2.07. The Hall–Kier alpha value is -1.11. The Morgan fingerprint density at radius 2 is 1.94 bits per heavy atom. The van der Waals surface area contributed by atoms with E-state index >= 15 is 0 Å². The Labute approximate surface area is 108 Å². The summed E-state index contributed by atoms with van der Waals surface area (Å²) in [5.74, 6) is 0.489. The molecule has 0 fully saturated rings. The summed E-state index contributed by atoms with van der Waals surface area (Å²) >= 11 is 0. The predicted octanol–water partition coefficient (Wildman–Crippen LogP) is 1.42. The van der Waals surface area contributed by atoms with E-state index in [1.165, 1.54) is 12.1 Å². The number of anilines is 1. The molecule has 3 N–H and O–H groups in total. The van der Waals surface area contributed by atoms with Crippen LogP contribution in [0.25, 0.3) is 0 Å². The number of primary sulfonamides is 1. The zero-order valence-corrected chi connectivity index (χ0v) is 11.5. The van der Waals surface area contributed by atoms with Crippen LogP contribution >= 0.6 is 0 Å². The molecule has 0 aliphatic carbocycles. The molecule has 0 amide bonds. The summed E-state index contributed by atoms with van der Waals surface area (Å²) < 4.78 is 27.2. The Morgan fingerprint density at radius 1 is 1.33 bits per heavy atom. The van der Waals surface area contributed by atoms with Crippen molar-refractivity contribution in [2.24, 2.45) is 11.1 Å². The van der Waals surface area contributed by atoms with Crippen molar-refractivity contribution >= 4 is 15.7 Å². The van der Waals surface area contributed by atoms with Gasteiger partial charge in [0.2, 0.25) is 10.0 Å². The monoisotopic (exact) mass is 272 g/mol. The second kappa shape index (κ2) is 6.72. The Balaban J connectivity index is 2.49. The van der Waals surface area contributed by atoms with Gasteiger partial charge in [-0.05, 0) is 36.6 Å². The molecule has 0 radical (unpaired) electrons. The number of hydrogen-bond donors (Lipinski definition) is 2. The number of nitrogens with two attached hydrogens (primary N) is 1. The topological polar surface area (TPSA) is 81.4 Å². The highest BCUT2D eigenvalue weighted by Crippen LogP contribution is 2.13. The number of rotatable bonds is 7. The van der Waals surface area contributed by atoms with E-state index < -0.39 is 10.0 Å². The van der Waals surface area contributed by atoms with Crippen LogP contribution in [-0.4, -0.2) is 28.7 Å². The molecule has 5 nitrogen and oxygen atoms in total. The summed E-state index contributed by atoms with van der Waals surface area (Å²) in [5.41, 5.74) is 0.881. The van der Waals surface area contributed by atoms with E-state index in [-0.39, 0.29) is 4.90 Å². The maximum Gasteiger partial charge on any atom is 0.238 e. The minimum absolute atomic E-state index is 0.125. The zero-order valence-electron chi connectivity index (χ0n) is 10.7. The van der Waals surface area contributed by atoms with Gasteiger partial charge in [-0.15, -0.1) is 0 Å². The predicted molar refractivity (Wildman–Crippen MR) is 72.0 cm³/mol. The van der Waals surface area contributed by atoms with Gasteiger partial charge < -0.3 is 10.1 Å². The molecule has 1 unspecified atom stereocenters. The van der Waals surface area contributed by atoms with Crippen molar-refractivity contribution in [2.75, 3.05) is 25.6 Å². The first-order valence-corrected chi connectivity index (χ1v) is 7.34. The standard InChI is InChI=1S/C12H20N2O3S/c1-10(7-8-17-2)9-14-11-3-5-12(6-4-11)18(13,15)16/h3-6,10,14H,7-9H2,1-2H3,(H2,13,15,16). The average Bonchev–Trinajstić information content (AvgIpc) is 2.33. The molecule has 1 aromatic carbocycles. The van der Waals surface area contributed by atoms with Gasteiger partial charge in [0.15, 0.2) is 0 Å². The molecule has 18 heavy (non-hydrogen) atoms. The molecular weight excluding hydrogens is 252 g/mol. The van der Waals surface area contributed by atoms with Crippen LogP contribution in [-0.2, 0) is 14.8 Å². The molecule has 0 bridgehead atoms. The summed E-state index contributed by atoms with van der Waals surface area (Å²) in [4.78, 5) is 0.125. The van der Waals surface area contributed by atoms with Crippen molar-refractivity contribution in [3.63, 3.8) is 0 Å². The molecule has 6 heteroatoms. The van der Waals surface area contributed by atoms with Crippen molar-refractivity contribution in [1.29, 1.82) is 0 Å². The number of methoxy groups -OCH3 is 1. The van der Waals surface area contributed by atoms with Crippen LogP contribution in [0.3, 0.4) is 0 Å². The molecule has 0 spiro atoms. The first-order valence-electron chi connectivity index (χ1n) is 5.79. The summed E-state index contributed by atoms with van der Waals surface area (Å²) in [5, 5.41) is 8.26. The third kappa shape index (κ3) is 5.03. The molecule has 0 aliphatic heterocycles. The van der Waals surface area contributed by atoms with Gasteiger partial charge in [0.05, 0.1) is 4.90 Å². The molecule has 1 aromatic rings. The molecular formula is C12H20N2O3S. The molecule has 0 heterocycles. The van der Waals surface area contributed by atoms with Crippen molar-refractivity contribution in [2.45, 2.75) is 18.2 Å². The van der Waals surface area contributed by atoms with Crippen molar-refractivity contribution in [1.82, 2.24) is 0 Å². The molecule has 0 aliphatic rings. The van der Waals surface area contributed by atoms with Gasteiger partial charge >= 0.3 is 0 Å². The van der Waals surface area contributed by atoms with Crippen LogP contribution in [0.1, 0.15) is 13.3 Å².